The van der Waals surface area contributed by atoms with Crippen LogP contribution in [0, 0.1) is 5.92 Å². The van der Waals surface area contributed by atoms with Gasteiger partial charge in [-0.2, -0.15) is 0 Å². The summed E-state index contributed by atoms with van der Waals surface area (Å²) in [6.07, 6.45) is 20.9. The van der Waals surface area contributed by atoms with Crippen LogP contribution < -0.4 is 0 Å². The minimum absolute atomic E-state index is 0.103. The fourth-order valence-corrected chi connectivity index (χ4v) is 2.83. The van der Waals surface area contributed by atoms with E-state index in [4.69, 9.17) is 4.74 Å². The molecule has 0 saturated carbocycles. The van der Waals surface area contributed by atoms with Gasteiger partial charge in [-0.25, -0.2) is 0 Å². The normalized spacial score (nSPS) is 11.3. The van der Waals surface area contributed by atoms with E-state index in [0.717, 1.165) is 24.3 Å². The first kappa shape index (κ1) is 22.4. The van der Waals surface area contributed by atoms with Crippen LogP contribution in [-0.2, 0) is 16.1 Å². The second-order valence-corrected chi connectivity index (χ2v) is 7.48. The lowest BCUT2D eigenvalue weighted by atomic mass is 10.0. The van der Waals surface area contributed by atoms with Gasteiger partial charge < -0.3 is 4.74 Å². The predicted octanol–water partition coefficient (Wildman–Crippen LogP) is 6.63. The smallest absolute Gasteiger partial charge is 0.306 e. The molecule has 0 atom stereocenters. The van der Waals surface area contributed by atoms with Crippen molar-refractivity contribution in [3.8, 4) is 0 Å². The highest BCUT2D eigenvalue weighted by molar-refractivity contribution is 5.69. The average Bonchev–Trinajstić information content (AvgIpc) is 2.64. The van der Waals surface area contributed by atoms with E-state index in [1.54, 1.807) is 12.4 Å². The largest absolute Gasteiger partial charge is 0.461 e. The van der Waals surface area contributed by atoms with Crippen LogP contribution in [-0.4, -0.2) is 11.0 Å². The molecule has 1 aromatic heterocycles. The fraction of sp³-hybridized carbons (Fsp3) is 0.652. The molecule has 146 valence electrons. The highest BCUT2D eigenvalue weighted by atomic mass is 16.5. The van der Waals surface area contributed by atoms with Crippen molar-refractivity contribution in [3.63, 3.8) is 0 Å². The van der Waals surface area contributed by atoms with E-state index in [1.807, 2.05) is 12.1 Å². The van der Waals surface area contributed by atoms with E-state index in [9.17, 15) is 4.79 Å². The zero-order valence-electron chi connectivity index (χ0n) is 16.8. The molecule has 0 aliphatic rings. The number of unbranched alkanes of at least 4 members (excludes halogenated alkanes) is 7. The molecular formula is C23H37NO2. The molecule has 0 amide bonds. The Labute approximate surface area is 160 Å². The number of hydrogen-bond acceptors (Lipinski definition) is 3. The molecule has 0 unspecified atom stereocenters. The molecule has 0 fully saturated rings. The van der Waals surface area contributed by atoms with Crippen molar-refractivity contribution in [1.29, 1.82) is 0 Å². The van der Waals surface area contributed by atoms with Crippen molar-refractivity contribution in [2.24, 2.45) is 5.92 Å². The summed E-state index contributed by atoms with van der Waals surface area (Å²) in [5.74, 6) is 0.733. The maximum Gasteiger partial charge on any atom is 0.306 e. The van der Waals surface area contributed by atoms with Gasteiger partial charge in [-0.1, -0.05) is 64.2 Å². The summed E-state index contributed by atoms with van der Waals surface area (Å²) >= 11 is 0. The number of nitrogens with zero attached hydrogens (tertiary/aromatic N) is 1. The maximum atomic E-state index is 11.7. The third-order valence-electron chi connectivity index (χ3n) is 4.44. The lowest BCUT2D eigenvalue weighted by Gasteiger charge is -2.04. The zero-order valence-corrected chi connectivity index (χ0v) is 16.8. The number of ether oxygens (including phenoxy) is 1. The van der Waals surface area contributed by atoms with Gasteiger partial charge in [0.25, 0.3) is 0 Å². The Morgan fingerprint density at radius 2 is 1.73 bits per heavy atom. The number of rotatable bonds is 15. The Kier molecular flexibility index (Phi) is 13.4. The number of carbonyl (C=O) groups excluding carboxylic acids is 1. The van der Waals surface area contributed by atoms with Gasteiger partial charge >= 0.3 is 5.97 Å². The number of allylic oxidation sites excluding steroid dienone is 2. The van der Waals surface area contributed by atoms with Gasteiger partial charge in [0.2, 0.25) is 0 Å². The van der Waals surface area contributed by atoms with E-state index in [1.165, 1.54) is 51.4 Å². The molecule has 0 aliphatic carbocycles. The third kappa shape index (κ3) is 13.6. The van der Waals surface area contributed by atoms with Crippen molar-refractivity contribution in [3.05, 3.63) is 42.2 Å². The van der Waals surface area contributed by atoms with Crippen molar-refractivity contribution >= 4 is 5.97 Å². The standard InChI is InChI=1S/C23H37NO2/c1-21(2)15-12-10-8-6-4-3-5-7-9-11-13-17-23(25)26-20-22-16-14-18-24-19-22/h4,6,14,16,18-19,21H,3,5,7-13,15,17,20H2,1-2H3/b6-4-. The molecule has 3 nitrogen and oxygen atoms in total. The Morgan fingerprint density at radius 1 is 1.04 bits per heavy atom. The van der Waals surface area contributed by atoms with Gasteiger partial charge in [0.1, 0.15) is 6.61 Å². The first-order valence-corrected chi connectivity index (χ1v) is 10.4. The maximum absolute atomic E-state index is 11.7. The molecule has 0 aromatic carbocycles. The number of esters is 1. The summed E-state index contributed by atoms with van der Waals surface area (Å²) in [5.41, 5.74) is 0.939. The van der Waals surface area contributed by atoms with Crippen LogP contribution in [0.25, 0.3) is 0 Å². The van der Waals surface area contributed by atoms with Crippen LogP contribution in [0.1, 0.15) is 90.0 Å². The van der Waals surface area contributed by atoms with Crippen molar-refractivity contribution < 1.29 is 9.53 Å². The average molecular weight is 360 g/mol. The van der Waals surface area contributed by atoms with E-state index >= 15 is 0 Å². The highest BCUT2D eigenvalue weighted by Crippen LogP contribution is 2.11. The van der Waals surface area contributed by atoms with Gasteiger partial charge in [0.15, 0.2) is 0 Å². The summed E-state index contributed by atoms with van der Waals surface area (Å²) < 4.78 is 5.25. The van der Waals surface area contributed by atoms with Gasteiger partial charge in [-0.05, 0) is 44.1 Å². The molecule has 0 aliphatic heterocycles. The monoisotopic (exact) mass is 359 g/mol. The molecule has 0 saturated heterocycles. The molecule has 1 heterocycles. The van der Waals surface area contributed by atoms with E-state index in [-0.39, 0.29) is 5.97 Å². The van der Waals surface area contributed by atoms with E-state index in [0.29, 0.717) is 13.0 Å². The first-order valence-electron chi connectivity index (χ1n) is 10.4. The molecule has 1 aromatic rings. The summed E-state index contributed by atoms with van der Waals surface area (Å²) in [5, 5.41) is 0. The SMILES string of the molecule is CC(C)CCCC/C=C\CCCCCCCC(=O)OCc1cccnc1. The number of carbonyl (C=O) groups is 1. The quantitative estimate of drug-likeness (QED) is 0.200. The van der Waals surface area contributed by atoms with Crippen molar-refractivity contribution in [2.75, 3.05) is 0 Å². The number of pyridine rings is 1. The summed E-state index contributed by atoms with van der Waals surface area (Å²) in [7, 11) is 0. The van der Waals surface area contributed by atoms with Crippen LogP contribution in [0.3, 0.4) is 0 Å². The molecule has 0 bridgehead atoms. The van der Waals surface area contributed by atoms with Gasteiger partial charge in [0.05, 0.1) is 0 Å². The van der Waals surface area contributed by atoms with Gasteiger partial charge in [0, 0.05) is 24.4 Å². The predicted molar refractivity (Wildman–Crippen MR) is 109 cm³/mol. The third-order valence-corrected chi connectivity index (χ3v) is 4.44. The second-order valence-electron chi connectivity index (χ2n) is 7.48. The number of hydrogen-bond donors (Lipinski definition) is 0. The summed E-state index contributed by atoms with van der Waals surface area (Å²) in [6, 6.07) is 3.77. The molecule has 3 heteroatoms. The van der Waals surface area contributed by atoms with Crippen molar-refractivity contribution in [1.82, 2.24) is 4.98 Å². The second kappa shape index (κ2) is 15.6. The Balaban J connectivity index is 1.85. The Bertz CT molecular complexity index is 482. The first-order chi connectivity index (χ1) is 12.7. The Hall–Kier alpha value is -1.64. The van der Waals surface area contributed by atoms with E-state index < -0.39 is 0 Å². The zero-order chi connectivity index (χ0) is 18.9. The summed E-state index contributed by atoms with van der Waals surface area (Å²) in [6.45, 7) is 4.92. The lowest BCUT2D eigenvalue weighted by molar-refractivity contribution is -0.145. The molecule has 1 rings (SSSR count). The minimum Gasteiger partial charge on any atom is -0.461 e. The van der Waals surface area contributed by atoms with Crippen LogP contribution in [0.5, 0.6) is 0 Å². The lowest BCUT2D eigenvalue weighted by Crippen LogP contribution is -2.04. The fourth-order valence-electron chi connectivity index (χ4n) is 2.83. The molecular weight excluding hydrogens is 322 g/mol. The molecule has 0 N–H and O–H groups in total. The van der Waals surface area contributed by atoms with Crippen LogP contribution >= 0.6 is 0 Å². The van der Waals surface area contributed by atoms with Gasteiger partial charge in [-0.15, -0.1) is 0 Å². The van der Waals surface area contributed by atoms with Crippen LogP contribution in [0.15, 0.2) is 36.7 Å². The highest BCUT2D eigenvalue weighted by Gasteiger charge is 2.03. The van der Waals surface area contributed by atoms with Gasteiger partial charge in [-0.3, -0.25) is 9.78 Å². The van der Waals surface area contributed by atoms with E-state index in [2.05, 4.69) is 31.0 Å². The summed E-state index contributed by atoms with van der Waals surface area (Å²) in [4.78, 5) is 15.7. The van der Waals surface area contributed by atoms with Crippen molar-refractivity contribution in [2.45, 2.75) is 91.1 Å². The number of aromatic nitrogens is 1. The minimum atomic E-state index is -0.103. The molecule has 0 spiro atoms. The van der Waals surface area contributed by atoms with Crippen LogP contribution in [0.4, 0.5) is 0 Å². The van der Waals surface area contributed by atoms with Crippen LogP contribution in [0.2, 0.25) is 0 Å². The topological polar surface area (TPSA) is 39.2 Å². The molecule has 26 heavy (non-hydrogen) atoms. The Morgan fingerprint density at radius 3 is 2.42 bits per heavy atom. The molecule has 0 radical (unpaired) electrons.